The Kier molecular flexibility index (Phi) is 7.54. The Labute approximate surface area is 200 Å². The molecule has 33 heavy (non-hydrogen) atoms. The van der Waals surface area contributed by atoms with Crippen molar-refractivity contribution >= 4 is 23.4 Å². The molecule has 1 atom stereocenters. The second kappa shape index (κ2) is 10.7. The third kappa shape index (κ3) is 5.50. The van der Waals surface area contributed by atoms with Gasteiger partial charge in [-0.1, -0.05) is 30.3 Å². The maximum Gasteiger partial charge on any atom is 0.410 e. The third-order valence-electron chi connectivity index (χ3n) is 6.36. The molecule has 0 aromatic heterocycles. The number of amides is 1. The molecule has 0 radical (unpaired) electrons. The average molecular weight is 470 g/mol. The van der Waals surface area contributed by atoms with Gasteiger partial charge < -0.3 is 29.3 Å². The predicted molar refractivity (Wildman–Crippen MR) is 131 cm³/mol. The number of nitrogens with one attached hydrogen (secondary N) is 1. The van der Waals surface area contributed by atoms with Crippen LogP contribution in [0.2, 0.25) is 0 Å². The highest BCUT2D eigenvalue weighted by molar-refractivity contribution is 7.80. The number of nitrogens with zero attached hydrogens (tertiary/aromatic N) is 2. The summed E-state index contributed by atoms with van der Waals surface area (Å²) in [5.41, 5.74) is 2.12. The Balaban J connectivity index is 1.24. The predicted octanol–water partition coefficient (Wildman–Crippen LogP) is 3.78. The highest BCUT2D eigenvalue weighted by Crippen LogP contribution is 2.30. The van der Waals surface area contributed by atoms with Crippen LogP contribution in [-0.2, 0) is 11.2 Å². The lowest BCUT2D eigenvalue weighted by Gasteiger charge is -2.37. The Bertz CT molecular complexity index is 963. The van der Waals surface area contributed by atoms with E-state index in [1.165, 1.54) is 0 Å². The van der Waals surface area contributed by atoms with Crippen LogP contribution in [0.15, 0.2) is 48.5 Å². The van der Waals surface area contributed by atoms with Gasteiger partial charge in [-0.15, -0.1) is 0 Å². The number of benzene rings is 2. The number of ether oxygens (including phenoxy) is 3. The molecule has 8 heteroatoms. The Hall–Kier alpha value is -3.00. The highest BCUT2D eigenvalue weighted by Gasteiger charge is 2.38. The molecule has 2 aromatic rings. The molecule has 1 amide bonds. The Morgan fingerprint density at radius 2 is 1.88 bits per heavy atom. The van der Waals surface area contributed by atoms with Crippen molar-refractivity contribution < 1.29 is 19.0 Å². The number of hydrogen-bond donors (Lipinski definition) is 1. The molecule has 0 spiro atoms. The first-order chi connectivity index (χ1) is 16.1. The average Bonchev–Trinajstić information content (AvgIpc) is 3.26. The maximum absolute atomic E-state index is 12.5. The van der Waals surface area contributed by atoms with E-state index >= 15 is 0 Å². The van der Waals surface area contributed by atoms with Gasteiger partial charge >= 0.3 is 6.09 Å². The number of piperidine rings is 1. The quantitative estimate of drug-likeness (QED) is 0.619. The van der Waals surface area contributed by atoms with Crippen molar-refractivity contribution in [3.63, 3.8) is 0 Å². The molecule has 2 saturated heterocycles. The van der Waals surface area contributed by atoms with Crippen LogP contribution in [0.3, 0.4) is 0 Å². The van der Waals surface area contributed by atoms with E-state index in [2.05, 4.69) is 10.2 Å². The number of cyclic esters (lactones) is 1. The van der Waals surface area contributed by atoms with Crippen molar-refractivity contribution in [3.05, 3.63) is 59.7 Å². The highest BCUT2D eigenvalue weighted by atomic mass is 32.1. The molecular weight excluding hydrogens is 438 g/mol. The molecule has 176 valence electrons. The second-order valence-electron chi connectivity index (χ2n) is 8.31. The fourth-order valence-corrected chi connectivity index (χ4v) is 4.78. The van der Waals surface area contributed by atoms with Crippen LogP contribution < -0.4 is 14.8 Å². The molecule has 7 nitrogen and oxygen atoms in total. The molecular formula is C25H31N3O4S. The largest absolute Gasteiger partial charge is 0.497 e. The van der Waals surface area contributed by atoms with Crippen LogP contribution in [-0.4, -0.2) is 67.4 Å². The van der Waals surface area contributed by atoms with Crippen molar-refractivity contribution in [2.24, 2.45) is 0 Å². The number of carbonyl (C=O) groups excluding carboxylic acids is 1. The normalized spacial score (nSPS) is 18.7. The molecule has 1 N–H and O–H groups in total. The molecule has 2 aliphatic heterocycles. The molecule has 4 rings (SSSR count). The van der Waals surface area contributed by atoms with Crippen molar-refractivity contribution in [2.45, 2.75) is 31.4 Å². The fraction of sp³-hybridized carbons (Fsp3) is 0.440. The van der Waals surface area contributed by atoms with Crippen molar-refractivity contribution in [1.82, 2.24) is 15.1 Å². The zero-order valence-corrected chi connectivity index (χ0v) is 20.0. The topological polar surface area (TPSA) is 63.3 Å². The number of methoxy groups -OCH3 is 2. The van der Waals surface area contributed by atoms with Gasteiger partial charge in [0.15, 0.2) is 5.11 Å². The molecule has 0 saturated carbocycles. The van der Waals surface area contributed by atoms with Gasteiger partial charge in [-0.2, -0.15) is 0 Å². The summed E-state index contributed by atoms with van der Waals surface area (Å²) in [6.07, 6.45) is 2.13. The number of rotatable bonds is 7. The van der Waals surface area contributed by atoms with Crippen LogP contribution >= 0.6 is 12.2 Å². The second-order valence-corrected chi connectivity index (χ2v) is 8.70. The summed E-state index contributed by atoms with van der Waals surface area (Å²) < 4.78 is 16.4. The van der Waals surface area contributed by atoms with Crippen LogP contribution in [0.25, 0.3) is 0 Å². The van der Waals surface area contributed by atoms with Gasteiger partial charge in [0.2, 0.25) is 0 Å². The minimum atomic E-state index is -0.213. The monoisotopic (exact) mass is 469 g/mol. The van der Waals surface area contributed by atoms with Crippen molar-refractivity contribution in [2.75, 3.05) is 40.4 Å². The first-order valence-electron chi connectivity index (χ1n) is 11.3. The summed E-state index contributed by atoms with van der Waals surface area (Å²) in [7, 11) is 3.33. The number of thiocarbonyl (C=S) groups is 1. The summed E-state index contributed by atoms with van der Waals surface area (Å²) in [6.45, 7) is 2.95. The molecule has 1 unspecified atom stereocenters. The van der Waals surface area contributed by atoms with E-state index in [1.54, 1.807) is 14.2 Å². The lowest BCUT2D eigenvalue weighted by Crippen LogP contribution is -2.50. The minimum absolute atomic E-state index is 0.186. The van der Waals surface area contributed by atoms with E-state index in [-0.39, 0.29) is 18.2 Å². The minimum Gasteiger partial charge on any atom is -0.497 e. The van der Waals surface area contributed by atoms with Crippen LogP contribution in [0.4, 0.5) is 4.79 Å². The smallest absolute Gasteiger partial charge is 0.410 e. The summed E-state index contributed by atoms with van der Waals surface area (Å²) in [6, 6.07) is 15.9. The fourth-order valence-electron chi connectivity index (χ4n) is 4.49. The van der Waals surface area contributed by atoms with Crippen molar-refractivity contribution in [1.29, 1.82) is 0 Å². The van der Waals surface area contributed by atoms with Crippen LogP contribution in [0.5, 0.6) is 11.5 Å². The first-order valence-corrected chi connectivity index (χ1v) is 11.8. The third-order valence-corrected chi connectivity index (χ3v) is 6.76. The molecule has 2 fully saturated rings. The SMILES string of the molecule is COc1ccc(OC)c(CCNC(=S)N2CCC(N3CC(c4ccccc4)OC3=O)CC2)c1. The lowest BCUT2D eigenvalue weighted by molar-refractivity contribution is 0.120. The lowest BCUT2D eigenvalue weighted by atomic mass is 10.0. The van der Waals surface area contributed by atoms with Crippen molar-refractivity contribution in [3.8, 4) is 11.5 Å². The van der Waals surface area contributed by atoms with E-state index in [1.807, 2.05) is 53.4 Å². The van der Waals surface area contributed by atoms with Crippen LogP contribution in [0, 0.1) is 0 Å². The van der Waals surface area contributed by atoms with E-state index in [9.17, 15) is 4.79 Å². The van der Waals surface area contributed by atoms with Gasteiger partial charge in [0.25, 0.3) is 0 Å². The van der Waals surface area contributed by atoms with E-state index in [0.29, 0.717) is 13.1 Å². The van der Waals surface area contributed by atoms with Gasteiger partial charge in [0, 0.05) is 25.7 Å². The van der Waals surface area contributed by atoms with E-state index in [0.717, 1.165) is 60.1 Å². The Morgan fingerprint density at radius 1 is 1.12 bits per heavy atom. The van der Waals surface area contributed by atoms with Gasteiger partial charge in [-0.05, 0) is 60.8 Å². The van der Waals surface area contributed by atoms with Gasteiger partial charge in [0.05, 0.1) is 20.8 Å². The van der Waals surface area contributed by atoms with E-state index < -0.39 is 0 Å². The van der Waals surface area contributed by atoms with Gasteiger partial charge in [0.1, 0.15) is 17.6 Å². The summed E-state index contributed by atoms with van der Waals surface area (Å²) in [4.78, 5) is 16.6. The first kappa shape index (κ1) is 23.2. The molecule has 0 bridgehead atoms. The number of hydrogen-bond acceptors (Lipinski definition) is 5. The van der Waals surface area contributed by atoms with Gasteiger partial charge in [-0.3, -0.25) is 0 Å². The number of likely N-dealkylation sites (tertiary alicyclic amines) is 1. The summed E-state index contributed by atoms with van der Waals surface area (Å²) >= 11 is 5.63. The standard InChI is InChI=1S/C25H31N3O4S/c1-30-21-8-9-22(31-2)19(16-21)10-13-26-24(33)27-14-11-20(12-15-27)28-17-23(32-25(28)29)18-6-4-3-5-7-18/h3-9,16,20,23H,10-15,17H2,1-2H3,(H,26,33). The molecule has 0 aliphatic carbocycles. The zero-order chi connectivity index (χ0) is 23.2. The molecule has 2 aliphatic rings. The number of carbonyl (C=O) groups is 1. The van der Waals surface area contributed by atoms with Crippen LogP contribution in [0.1, 0.15) is 30.1 Å². The maximum atomic E-state index is 12.5. The van der Waals surface area contributed by atoms with Gasteiger partial charge in [-0.25, -0.2) is 4.79 Å². The summed E-state index contributed by atoms with van der Waals surface area (Å²) in [5.74, 6) is 1.65. The van der Waals surface area contributed by atoms with E-state index in [4.69, 9.17) is 26.4 Å². The Morgan fingerprint density at radius 3 is 2.58 bits per heavy atom. The summed E-state index contributed by atoms with van der Waals surface area (Å²) in [5, 5.41) is 4.12. The molecule has 2 heterocycles. The molecule has 2 aromatic carbocycles. The zero-order valence-electron chi connectivity index (χ0n) is 19.2.